The van der Waals surface area contributed by atoms with E-state index in [-0.39, 0.29) is 13.2 Å². The fraction of sp³-hybridized carbons (Fsp3) is 0.478. The molecular formula is C23H32O4. The molecule has 2 rings (SSSR count). The SMILES string of the molecule is CCCCCCC(c1ccc(OCCO)cc1)c1ccc(OCCO)cc1. The summed E-state index contributed by atoms with van der Waals surface area (Å²) in [5.74, 6) is 1.90. The number of aliphatic hydroxyl groups is 2. The second kappa shape index (κ2) is 12.4. The summed E-state index contributed by atoms with van der Waals surface area (Å²) in [6, 6.07) is 16.4. The predicted octanol–water partition coefficient (Wildman–Crippen LogP) is 4.53. The summed E-state index contributed by atoms with van der Waals surface area (Å²) in [4.78, 5) is 0. The fourth-order valence-electron chi connectivity index (χ4n) is 3.22. The van der Waals surface area contributed by atoms with Crippen molar-refractivity contribution in [1.29, 1.82) is 0 Å². The first-order chi connectivity index (χ1) is 13.3. The number of hydrogen-bond acceptors (Lipinski definition) is 4. The maximum atomic E-state index is 8.89. The summed E-state index contributed by atoms with van der Waals surface area (Å²) in [5.41, 5.74) is 2.54. The normalized spacial score (nSPS) is 11.0. The van der Waals surface area contributed by atoms with Crippen LogP contribution in [0.25, 0.3) is 0 Å². The molecule has 2 aromatic rings. The first-order valence-electron chi connectivity index (χ1n) is 9.95. The minimum Gasteiger partial charge on any atom is -0.491 e. The van der Waals surface area contributed by atoms with Crippen LogP contribution in [0.3, 0.4) is 0 Å². The van der Waals surface area contributed by atoms with E-state index in [1.54, 1.807) is 0 Å². The van der Waals surface area contributed by atoms with Crippen LogP contribution in [0.1, 0.15) is 56.1 Å². The molecule has 0 aromatic heterocycles. The molecule has 0 saturated heterocycles. The largest absolute Gasteiger partial charge is 0.491 e. The van der Waals surface area contributed by atoms with Crippen LogP contribution in [-0.2, 0) is 0 Å². The molecule has 0 heterocycles. The molecule has 4 nitrogen and oxygen atoms in total. The van der Waals surface area contributed by atoms with Gasteiger partial charge in [0, 0.05) is 5.92 Å². The van der Waals surface area contributed by atoms with Crippen LogP contribution in [0, 0.1) is 0 Å². The lowest BCUT2D eigenvalue weighted by Gasteiger charge is -2.19. The molecule has 0 aliphatic rings. The molecule has 148 valence electrons. The van der Waals surface area contributed by atoms with E-state index in [9.17, 15) is 0 Å². The number of hydrogen-bond donors (Lipinski definition) is 2. The molecule has 0 unspecified atom stereocenters. The minimum atomic E-state index is 0.0203. The monoisotopic (exact) mass is 372 g/mol. The van der Waals surface area contributed by atoms with Crippen molar-refractivity contribution < 1.29 is 19.7 Å². The van der Waals surface area contributed by atoms with Gasteiger partial charge in [0.05, 0.1) is 13.2 Å². The maximum absolute atomic E-state index is 8.89. The topological polar surface area (TPSA) is 58.9 Å². The molecule has 4 heteroatoms. The third-order valence-electron chi connectivity index (χ3n) is 4.63. The van der Waals surface area contributed by atoms with Gasteiger partial charge in [-0.25, -0.2) is 0 Å². The molecule has 0 aliphatic heterocycles. The minimum absolute atomic E-state index is 0.0203. The zero-order valence-electron chi connectivity index (χ0n) is 16.3. The van der Waals surface area contributed by atoms with Crippen molar-refractivity contribution in [2.75, 3.05) is 26.4 Å². The quantitative estimate of drug-likeness (QED) is 0.507. The van der Waals surface area contributed by atoms with Crippen LogP contribution in [-0.4, -0.2) is 36.6 Å². The molecule has 0 bridgehead atoms. The summed E-state index contributed by atoms with van der Waals surface area (Å²) < 4.78 is 10.9. The van der Waals surface area contributed by atoms with Crippen LogP contribution < -0.4 is 9.47 Å². The van der Waals surface area contributed by atoms with Crippen molar-refractivity contribution in [3.05, 3.63) is 59.7 Å². The number of unbranched alkanes of at least 4 members (excludes halogenated alkanes) is 3. The molecular weight excluding hydrogens is 340 g/mol. The molecule has 0 fully saturated rings. The van der Waals surface area contributed by atoms with Crippen molar-refractivity contribution in [1.82, 2.24) is 0 Å². The van der Waals surface area contributed by atoms with Crippen molar-refractivity contribution in [2.45, 2.75) is 44.9 Å². The Kier molecular flexibility index (Phi) is 9.74. The third-order valence-corrected chi connectivity index (χ3v) is 4.63. The second-order valence-electron chi connectivity index (χ2n) is 6.68. The van der Waals surface area contributed by atoms with Crippen molar-refractivity contribution in [3.8, 4) is 11.5 Å². The van der Waals surface area contributed by atoms with E-state index in [4.69, 9.17) is 19.7 Å². The fourth-order valence-corrected chi connectivity index (χ4v) is 3.22. The van der Waals surface area contributed by atoms with Crippen molar-refractivity contribution in [3.63, 3.8) is 0 Å². The summed E-state index contributed by atoms with van der Waals surface area (Å²) in [5, 5.41) is 17.8. The first-order valence-corrected chi connectivity index (χ1v) is 9.95. The Morgan fingerprint density at radius 1 is 0.704 bits per heavy atom. The van der Waals surface area contributed by atoms with Gasteiger partial charge in [0.15, 0.2) is 0 Å². The van der Waals surface area contributed by atoms with Gasteiger partial charge < -0.3 is 19.7 Å². The Bertz CT molecular complexity index is 570. The molecule has 0 radical (unpaired) electrons. The number of benzene rings is 2. The van der Waals surface area contributed by atoms with Gasteiger partial charge in [-0.2, -0.15) is 0 Å². The van der Waals surface area contributed by atoms with E-state index >= 15 is 0 Å². The summed E-state index contributed by atoms with van der Waals surface area (Å²) in [6.07, 6.45) is 6.06. The molecule has 0 amide bonds. The highest BCUT2D eigenvalue weighted by atomic mass is 16.5. The van der Waals surface area contributed by atoms with Gasteiger partial charge in [-0.15, -0.1) is 0 Å². The van der Waals surface area contributed by atoms with Gasteiger partial charge in [0.2, 0.25) is 0 Å². The van der Waals surface area contributed by atoms with E-state index in [1.165, 1.54) is 36.8 Å². The van der Waals surface area contributed by atoms with E-state index < -0.39 is 0 Å². The van der Waals surface area contributed by atoms with E-state index in [0.29, 0.717) is 19.1 Å². The van der Waals surface area contributed by atoms with Crippen molar-refractivity contribution >= 4 is 0 Å². The van der Waals surface area contributed by atoms with Crippen LogP contribution in [0.5, 0.6) is 11.5 Å². The van der Waals surface area contributed by atoms with Crippen LogP contribution in [0.4, 0.5) is 0 Å². The Hall–Kier alpha value is -2.04. The highest BCUT2D eigenvalue weighted by Gasteiger charge is 2.14. The summed E-state index contributed by atoms with van der Waals surface area (Å²) in [7, 11) is 0. The lowest BCUT2D eigenvalue weighted by Crippen LogP contribution is -2.04. The molecule has 0 spiro atoms. The van der Waals surface area contributed by atoms with Crippen LogP contribution >= 0.6 is 0 Å². The predicted molar refractivity (Wildman–Crippen MR) is 109 cm³/mol. The first kappa shape index (κ1) is 21.3. The maximum Gasteiger partial charge on any atom is 0.119 e. The van der Waals surface area contributed by atoms with Gasteiger partial charge in [0.1, 0.15) is 24.7 Å². The highest BCUT2D eigenvalue weighted by Crippen LogP contribution is 2.32. The Balaban J connectivity index is 2.12. The zero-order valence-corrected chi connectivity index (χ0v) is 16.3. The van der Waals surface area contributed by atoms with Gasteiger partial charge in [0.25, 0.3) is 0 Å². The standard InChI is InChI=1S/C23H32O4/c1-2-3-4-5-6-23(19-7-11-21(12-8-19)26-17-15-24)20-9-13-22(14-10-20)27-18-16-25/h7-14,23-25H,2-6,15-18H2,1H3. The molecule has 0 aliphatic carbocycles. The Morgan fingerprint density at radius 3 is 1.59 bits per heavy atom. The number of aliphatic hydroxyl groups excluding tert-OH is 2. The van der Waals surface area contributed by atoms with Gasteiger partial charge in [-0.1, -0.05) is 56.9 Å². The van der Waals surface area contributed by atoms with E-state index in [0.717, 1.165) is 17.9 Å². The van der Waals surface area contributed by atoms with Gasteiger partial charge in [-0.05, 0) is 41.8 Å². The second-order valence-corrected chi connectivity index (χ2v) is 6.68. The smallest absolute Gasteiger partial charge is 0.119 e. The molecule has 27 heavy (non-hydrogen) atoms. The lowest BCUT2D eigenvalue weighted by atomic mass is 9.86. The Labute approximate surface area is 162 Å². The van der Waals surface area contributed by atoms with E-state index in [1.807, 2.05) is 24.3 Å². The zero-order chi connectivity index (χ0) is 19.3. The highest BCUT2D eigenvalue weighted by molar-refractivity contribution is 5.38. The summed E-state index contributed by atoms with van der Waals surface area (Å²) >= 11 is 0. The van der Waals surface area contributed by atoms with Crippen LogP contribution in [0.15, 0.2) is 48.5 Å². The van der Waals surface area contributed by atoms with Gasteiger partial charge >= 0.3 is 0 Å². The van der Waals surface area contributed by atoms with E-state index in [2.05, 4.69) is 31.2 Å². The average molecular weight is 373 g/mol. The molecule has 0 saturated carbocycles. The molecule has 0 atom stereocenters. The van der Waals surface area contributed by atoms with Gasteiger partial charge in [-0.3, -0.25) is 0 Å². The molecule has 2 aromatic carbocycles. The Morgan fingerprint density at radius 2 is 1.19 bits per heavy atom. The average Bonchev–Trinajstić information content (AvgIpc) is 2.72. The van der Waals surface area contributed by atoms with Crippen molar-refractivity contribution in [2.24, 2.45) is 0 Å². The lowest BCUT2D eigenvalue weighted by molar-refractivity contribution is 0.201. The number of ether oxygens (including phenoxy) is 2. The third kappa shape index (κ3) is 7.24. The number of rotatable bonds is 13. The van der Waals surface area contributed by atoms with Crippen LogP contribution in [0.2, 0.25) is 0 Å². The summed E-state index contributed by atoms with van der Waals surface area (Å²) in [6.45, 7) is 2.90. The molecule has 2 N–H and O–H groups in total.